The Morgan fingerprint density at radius 1 is 1.40 bits per heavy atom. The summed E-state index contributed by atoms with van der Waals surface area (Å²) in [5, 5.41) is 12.8. The van der Waals surface area contributed by atoms with Gasteiger partial charge in [0, 0.05) is 31.3 Å². The molecule has 1 heterocycles. The van der Waals surface area contributed by atoms with Gasteiger partial charge in [0.05, 0.1) is 18.4 Å². The van der Waals surface area contributed by atoms with Gasteiger partial charge in [-0.3, -0.25) is 4.98 Å². The van der Waals surface area contributed by atoms with Crippen molar-refractivity contribution in [1.29, 1.82) is 0 Å². The number of aromatic nitrogens is 1. The Morgan fingerprint density at radius 3 is 2.55 bits per heavy atom. The van der Waals surface area contributed by atoms with Gasteiger partial charge in [-0.05, 0) is 25.0 Å². The standard InChI is InChI=1S/C15H24N2O3/c1-4-15(5-2,11-18)10-16-9-13-7-6-12(8-17-13)14(19)20-3/h6-8,16,18H,4-5,9-11H2,1-3H3. The zero-order valence-electron chi connectivity index (χ0n) is 12.5. The van der Waals surface area contributed by atoms with E-state index in [0.29, 0.717) is 12.1 Å². The Bertz CT molecular complexity index is 405. The number of aliphatic hydroxyl groups excluding tert-OH is 1. The lowest BCUT2D eigenvalue weighted by molar-refractivity contribution is 0.0600. The number of pyridine rings is 1. The molecular weight excluding hydrogens is 256 g/mol. The first kappa shape index (κ1) is 16.6. The van der Waals surface area contributed by atoms with Crippen molar-refractivity contribution in [3.63, 3.8) is 0 Å². The van der Waals surface area contributed by atoms with Crippen molar-refractivity contribution >= 4 is 5.97 Å². The van der Waals surface area contributed by atoms with Gasteiger partial charge >= 0.3 is 5.97 Å². The van der Waals surface area contributed by atoms with Crippen molar-refractivity contribution in [3.8, 4) is 0 Å². The lowest BCUT2D eigenvalue weighted by atomic mass is 9.83. The minimum Gasteiger partial charge on any atom is -0.465 e. The molecule has 0 aliphatic heterocycles. The molecule has 0 atom stereocenters. The van der Waals surface area contributed by atoms with Gasteiger partial charge in [0.15, 0.2) is 0 Å². The Labute approximate surface area is 120 Å². The SMILES string of the molecule is CCC(CC)(CO)CNCc1ccc(C(=O)OC)cn1. The highest BCUT2D eigenvalue weighted by molar-refractivity contribution is 5.88. The van der Waals surface area contributed by atoms with Crippen molar-refractivity contribution in [3.05, 3.63) is 29.6 Å². The monoisotopic (exact) mass is 280 g/mol. The second-order valence-electron chi connectivity index (χ2n) is 5.00. The summed E-state index contributed by atoms with van der Waals surface area (Å²) in [6.07, 6.45) is 3.38. The van der Waals surface area contributed by atoms with Crippen LogP contribution >= 0.6 is 0 Å². The molecule has 0 saturated carbocycles. The highest BCUT2D eigenvalue weighted by atomic mass is 16.5. The average molecular weight is 280 g/mol. The Balaban J connectivity index is 2.52. The highest BCUT2D eigenvalue weighted by Crippen LogP contribution is 2.24. The van der Waals surface area contributed by atoms with Crippen LogP contribution in [-0.4, -0.2) is 36.3 Å². The molecule has 0 fully saturated rings. The number of methoxy groups -OCH3 is 1. The van der Waals surface area contributed by atoms with Crippen molar-refractivity contribution in [1.82, 2.24) is 10.3 Å². The Morgan fingerprint density at radius 2 is 2.10 bits per heavy atom. The van der Waals surface area contributed by atoms with Crippen LogP contribution in [0.25, 0.3) is 0 Å². The summed E-state index contributed by atoms with van der Waals surface area (Å²) in [6, 6.07) is 3.51. The first-order valence-electron chi connectivity index (χ1n) is 6.95. The first-order valence-corrected chi connectivity index (χ1v) is 6.95. The maximum atomic E-state index is 11.3. The number of nitrogens with one attached hydrogen (secondary N) is 1. The summed E-state index contributed by atoms with van der Waals surface area (Å²) < 4.78 is 4.62. The maximum absolute atomic E-state index is 11.3. The van der Waals surface area contributed by atoms with Crippen LogP contribution in [-0.2, 0) is 11.3 Å². The van der Waals surface area contributed by atoms with Crippen molar-refractivity contribution in [2.75, 3.05) is 20.3 Å². The largest absolute Gasteiger partial charge is 0.465 e. The van der Waals surface area contributed by atoms with Crippen LogP contribution in [0.4, 0.5) is 0 Å². The molecule has 0 amide bonds. The maximum Gasteiger partial charge on any atom is 0.339 e. The van der Waals surface area contributed by atoms with E-state index in [-0.39, 0.29) is 18.0 Å². The van der Waals surface area contributed by atoms with Crippen LogP contribution in [0.3, 0.4) is 0 Å². The number of hydrogen-bond donors (Lipinski definition) is 2. The van der Waals surface area contributed by atoms with Gasteiger partial charge in [-0.1, -0.05) is 13.8 Å². The van der Waals surface area contributed by atoms with Crippen LogP contribution < -0.4 is 5.32 Å². The summed E-state index contributed by atoms with van der Waals surface area (Å²) in [5.41, 5.74) is 1.24. The molecule has 112 valence electrons. The van der Waals surface area contributed by atoms with Crippen LogP contribution in [0.1, 0.15) is 42.7 Å². The number of carbonyl (C=O) groups is 1. The fourth-order valence-electron chi connectivity index (χ4n) is 2.00. The van der Waals surface area contributed by atoms with E-state index in [1.54, 1.807) is 12.1 Å². The second kappa shape index (κ2) is 7.97. The van der Waals surface area contributed by atoms with Crippen molar-refractivity contribution < 1.29 is 14.6 Å². The van der Waals surface area contributed by atoms with Gasteiger partial charge < -0.3 is 15.2 Å². The quantitative estimate of drug-likeness (QED) is 0.710. The number of aliphatic hydroxyl groups is 1. The summed E-state index contributed by atoms with van der Waals surface area (Å²) in [4.78, 5) is 15.5. The Kier molecular flexibility index (Phi) is 6.61. The number of ether oxygens (including phenoxy) is 1. The molecule has 1 aromatic rings. The molecule has 0 radical (unpaired) electrons. The lowest BCUT2D eigenvalue weighted by Gasteiger charge is -2.29. The zero-order valence-corrected chi connectivity index (χ0v) is 12.5. The van der Waals surface area contributed by atoms with Gasteiger partial charge in [0.2, 0.25) is 0 Å². The van der Waals surface area contributed by atoms with E-state index in [1.165, 1.54) is 13.3 Å². The van der Waals surface area contributed by atoms with E-state index in [4.69, 9.17) is 0 Å². The van der Waals surface area contributed by atoms with E-state index in [1.807, 2.05) is 0 Å². The summed E-state index contributed by atoms with van der Waals surface area (Å²) in [5.74, 6) is -0.381. The fraction of sp³-hybridized carbons (Fsp3) is 0.600. The van der Waals surface area contributed by atoms with Gasteiger partial charge in [-0.2, -0.15) is 0 Å². The predicted octanol–water partition coefficient (Wildman–Crippen LogP) is 1.76. The number of esters is 1. The van der Waals surface area contributed by atoms with E-state index in [0.717, 1.165) is 25.1 Å². The molecule has 5 heteroatoms. The van der Waals surface area contributed by atoms with Gasteiger partial charge in [-0.25, -0.2) is 4.79 Å². The van der Waals surface area contributed by atoms with Crippen molar-refractivity contribution in [2.45, 2.75) is 33.2 Å². The molecule has 0 aromatic carbocycles. The minimum absolute atomic E-state index is 0.0635. The normalized spacial score (nSPS) is 11.4. The third-order valence-electron chi connectivity index (χ3n) is 3.89. The third kappa shape index (κ3) is 4.28. The Hall–Kier alpha value is -1.46. The molecule has 0 aliphatic carbocycles. The van der Waals surface area contributed by atoms with Crippen LogP contribution in [0.2, 0.25) is 0 Å². The van der Waals surface area contributed by atoms with Crippen LogP contribution in [0, 0.1) is 5.41 Å². The predicted molar refractivity (Wildman–Crippen MR) is 77.4 cm³/mol. The summed E-state index contributed by atoms with van der Waals surface area (Å²) >= 11 is 0. The fourth-order valence-corrected chi connectivity index (χ4v) is 2.00. The van der Waals surface area contributed by atoms with Crippen molar-refractivity contribution in [2.24, 2.45) is 5.41 Å². The first-order chi connectivity index (χ1) is 9.60. The second-order valence-corrected chi connectivity index (χ2v) is 5.00. The number of hydrogen-bond acceptors (Lipinski definition) is 5. The molecule has 0 aliphatic rings. The van der Waals surface area contributed by atoms with E-state index in [2.05, 4.69) is 28.9 Å². The minimum atomic E-state index is -0.381. The summed E-state index contributed by atoms with van der Waals surface area (Å²) in [6.45, 7) is 5.72. The third-order valence-corrected chi connectivity index (χ3v) is 3.89. The molecule has 0 unspecified atom stereocenters. The topological polar surface area (TPSA) is 71.5 Å². The van der Waals surface area contributed by atoms with Crippen LogP contribution in [0.5, 0.6) is 0 Å². The number of rotatable bonds is 8. The summed E-state index contributed by atoms with van der Waals surface area (Å²) in [7, 11) is 1.35. The van der Waals surface area contributed by atoms with Gasteiger partial charge in [-0.15, -0.1) is 0 Å². The average Bonchev–Trinajstić information content (AvgIpc) is 2.52. The molecule has 1 aromatic heterocycles. The van der Waals surface area contributed by atoms with Crippen LogP contribution in [0.15, 0.2) is 18.3 Å². The smallest absolute Gasteiger partial charge is 0.339 e. The van der Waals surface area contributed by atoms with E-state index < -0.39 is 0 Å². The number of carbonyl (C=O) groups excluding carboxylic acids is 1. The molecule has 0 spiro atoms. The van der Waals surface area contributed by atoms with Gasteiger partial charge in [0.25, 0.3) is 0 Å². The molecular formula is C15H24N2O3. The number of nitrogens with zero attached hydrogens (tertiary/aromatic N) is 1. The molecule has 0 saturated heterocycles. The van der Waals surface area contributed by atoms with E-state index in [9.17, 15) is 9.90 Å². The molecule has 1 rings (SSSR count). The highest BCUT2D eigenvalue weighted by Gasteiger charge is 2.24. The molecule has 2 N–H and O–H groups in total. The molecule has 5 nitrogen and oxygen atoms in total. The van der Waals surface area contributed by atoms with Gasteiger partial charge in [0.1, 0.15) is 0 Å². The zero-order chi connectivity index (χ0) is 15.0. The lowest BCUT2D eigenvalue weighted by Crippen LogP contribution is -2.36. The molecule has 20 heavy (non-hydrogen) atoms. The molecule has 0 bridgehead atoms. The van der Waals surface area contributed by atoms with E-state index >= 15 is 0 Å².